The van der Waals surface area contributed by atoms with Crippen LogP contribution in [0.2, 0.25) is 0 Å². The van der Waals surface area contributed by atoms with E-state index in [-0.39, 0.29) is 5.92 Å². The average molecular weight is 265 g/mol. The fourth-order valence-electron chi connectivity index (χ4n) is 2.31. The number of allylic oxidation sites excluding steroid dienone is 2. The van der Waals surface area contributed by atoms with E-state index >= 15 is 0 Å². The van der Waals surface area contributed by atoms with Gasteiger partial charge in [0.2, 0.25) is 0 Å². The van der Waals surface area contributed by atoms with Crippen molar-refractivity contribution in [1.82, 2.24) is 5.32 Å². The molecule has 0 spiro atoms. The summed E-state index contributed by atoms with van der Waals surface area (Å²) in [7, 11) is 0. The minimum absolute atomic E-state index is 0.205. The van der Waals surface area contributed by atoms with Crippen molar-refractivity contribution < 1.29 is 0 Å². The second-order valence-corrected chi connectivity index (χ2v) is 4.59. The molecule has 1 aromatic rings. The summed E-state index contributed by atoms with van der Waals surface area (Å²) in [6, 6.07) is 9.65. The van der Waals surface area contributed by atoms with Gasteiger partial charge in [0.25, 0.3) is 0 Å². The van der Waals surface area contributed by atoms with Crippen LogP contribution in [0.4, 0.5) is 5.69 Å². The zero-order valence-electron chi connectivity index (χ0n) is 11.4. The maximum atomic E-state index is 9.18. The van der Waals surface area contributed by atoms with E-state index in [2.05, 4.69) is 21.7 Å². The van der Waals surface area contributed by atoms with E-state index in [9.17, 15) is 5.26 Å². The SMILES string of the molecule is [C-]#[N+]C1=C(c2cccc(NN)c2)NC(C)=C(C#N)[C@H]1C. The van der Waals surface area contributed by atoms with Crippen molar-refractivity contribution in [3.05, 3.63) is 58.2 Å². The van der Waals surface area contributed by atoms with Crippen molar-refractivity contribution in [3.63, 3.8) is 0 Å². The molecule has 2 rings (SSSR count). The lowest BCUT2D eigenvalue weighted by Crippen LogP contribution is -2.23. The predicted molar refractivity (Wildman–Crippen MR) is 78.4 cm³/mol. The molecule has 1 aromatic carbocycles. The lowest BCUT2D eigenvalue weighted by atomic mass is 9.90. The number of rotatable bonds is 2. The quantitative estimate of drug-likeness (QED) is 0.436. The van der Waals surface area contributed by atoms with Gasteiger partial charge in [0.1, 0.15) is 0 Å². The Labute approximate surface area is 118 Å². The molecule has 0 amide bonds. The Kier molecular flexibility index (Phi) is 3.74. The number of nitrogens with one attached hydrogen (secondary N) is 2. The summed E-state index contributed by atoms with van der Waals surface area (Å²) in [4.78, 5) is 3.60. The van der Waals surface area contributed by atoms with E-state index in [1.54, 1.807) is 0 Å². The number of hydrogen-bond acceptors (Lipinski definition) is 4. The van der Waals surface area contributed by atoms with Crippen molar-refractivity contribution in [2.75, 3.05) is 5.43 Å². The number of hydrazine groups is 1. The molecule has 4 N–H and O–H groups in total. The maximum Gasteiger partial charge on any atom is 0.196 e. The monoisotopic (exact) mass is 265 g/mol. The summed E-state index contributed by atoms with van der Waals surface area (Å²) in [6.45, 7) is 11.1. The lowest BCUT2D eigenvalue weighted by Gasteiger charge is -2.25. The van der Waals surface area contributed by atoms with E-state index in [4.69, 9.17) is 12.4 Å². The second kappa shape index (κ2) is 5.48. The predicted octanol–water partition coefficient (Wildman–Crippen LogP) is 2.60. The molecule has 0 unspecified atom stereocenters. The number of benzene rings is 1. The minimum Gasteiger partial charge on any atom is -0.367 e. The maximum absolute atomic E-state index is 9.18. The van der Waals surface area contributed by atoms with Crippen molar-refractivity contribution >= 4 is 11.4 Å². The van der Waals surface area contributed by atoms with Gasteiger partial charge >= 0.3 is 0 Å². The molecule has 100 valence electrons. The van der Waals surface area contributed by atoms with Crippen LogP contribution >= 0.6 is 0 Å². The standard InChI is InChI=1S/C15H15N5/c1-9-13(8-16)10(2)19-15(14(9)18-3)11-5-4-6-12(7-11)20-17/h4-7,9,19-20H,17H2,1-2H3/t9-/m1/s1. The van der Waals surface area contributed by atoms with Crippen molar-refractivity contribution in [2.45, 2.75) is 13.8 Å². The Bertz CT molecular complexity index is 685. The van der Waals surface area contributed by atoms with Crippen LogP contribution in [0.15, 0.2) is 41.2 Å². The molecule has 1 aliphatic rings. The first-order valence-corrected chi connectivity index (χ1v) is 6.19. The fraction of sp³-hybridized carbons (Fsp3) is 0.200. The third-order valence-corrected chi connectivity index (χ3v) is 3.37. The van der Waals surface area contributed by atoms with E-state index < -0.39 is 0 Å². The van der Waals surface area contributed by atoms with Crippen LogP contribution in [0.3, 0.4) is 0 Å². The van der Waals surface area contributed by atoms with Crippen LogP contribution in [-0.4, -0.2) is 0 Å². The fourth-order valence-corrected chi connectivity index (χ4v) is 2.31. The van der Waals surface area contributed by atoms with Gasteiger partial charge < -0.3 is 10.7 Å². The van der Waals surface area contributed by atoms with Crippen molar-refractivity contribution in [3.8, 4) is 6.07 Å². The molecule has 0 fully saturated rings. The van der Waals surface area contributed by atoms with E-state index in [1.807, 2.05) is 38.1 Å². The first kappa shape index (κ1) is 13.7. The molecule has 0 saturated heterocycles. The first-order valence-electron chi connectivity index (χ1n) is 6.19. The van der Waals surface area contributed by atoms with Crippen molar-refractivity contribution in [1.29, 1.82) is 5.26 Å². The molecule has 0 aromatic heterocycles. The molecule has 1 aliphatic heterocycles. The number of nitrogen functional groups attached to an aromatic ring is 1. The highest BCUT2D eigenvalue weighted by atomic mass is 15.2. The van der Waals surface area contributed by atoms with E-state index in [1.165, 1.54) is 0 Å². The molecular formula is C15H15N5. The second-order valence-electron chi connectivity index (χ2n) is 4.59. The third-order valence-electron chi connectivity index (χ3n) is 3.37. The van der Waals surface area contributed by atoms with Gasteiger partial charge in [0.15, 0.2) is 5.70 Å². The number of nitrogens with zero attached hydrogens (tertiary/aromatic N) is 2. The van der Waals surface area contributed by atoms with Gasteiger partial charge in [-0.1, -0.05) is 19.1 Å². The molecule has 0 bridgehead atoms. The van der Waals surface area contributed by atoms with Crippen LogP contribution in [0, 0.1) is 23.8 Å². The van der Waals surface area contributed by atoms with Gasteiger partial charge in [-0.05, 0) is 24.6 Å². The highest BCUT2D eigenvalue weighted by Gasteiger charge is 2.26. The van der Waals surface area contributed by atoms with Gasteiger partial charge in [-0.3, -0.25) is 5.84 Å². The molecule has 1 heterocycles. The van der Waals surface area contributed by atoms with E-state index in [0.29, 0.717) is 11.3 Å². The zero-order valence-corrected chi connectivity index (χ0v) is 11.4. The highest BCUT2D eigenvalue weighted by molar-refractivity contribution is 5.75. The summed E-state index contributed by atoms with van der Waals surface area (Å²) in [5.74, 6) is 5.21. The number of hydrogen-bond donors (Lipinski definition) is 3. The highest BCUT2D eigenvalue weighted by Crippen LogP contribution is 2.34. The molecule has 0 aliphatic carbocycles. The zero-order chi connectivity index (χ0) is 14.7. The third kappa shape index (κ3) is 2.23. The number of anilines is 1. The molecule has 5 heteroatoms. The molecule has 0 saturated carbocycles. The minimum atomic E-state index is -0.205. The Hall–Kier alpha value is -2.76. The van der Waals surface area contributed by atoms with Crippen LogP contribution in [0.5, 0.6) is 0 Å². The van der Waals surface area contributed by atoms with Gasteiger partial charge in [0.05, 0.1) is 12.6 Å². The number of dihydropyridines is 1. The molecular weight excluding hydrogens is 250 g/mol. The summed E-state index contributed by atoms with van der Waals surface area (Å²) in [6.07, 6.45) is 0. The topological polar surface area (TPSA) is 78.2 Å². The molecule has 0 radical (unpaired) electrons. The molecule has 1 atom stereocenters. The van der Waals surface area contributed by atoms with Crippen LogP contribution < -0.4 is 16.6 Å². The number of nitrogens with two attached hydrogens (primary N) is 1. The van der Waals surface area contributed by atoms with Crippen LogP contribution in [0.25, 0.3) is 10.5 Å². The number of nitriles is 1. The Morgan fingerprint density at radius 1 is 1.50 bits per heavy atom. The normalized spacial score (nSPS) is 18.1. The molecule has 20 heavy (non-hydrogen) atoms. The summed E-state index contributed by atoms with van der Waals surface area (Å²) >= 11 is 0. The lowest BCUT2D eigenvalue weighted by molar-refractivity contribution is 0.786. The van der Waals surface area contributed by atoms with Gasteiger partial charge in [-0.25, -0.2) is 4.85 Å². The smallest absolute Gasteiger partial charge is 0.196 e. The van der Waals surface area contributed by atoms with Crippen LogP contribution in [0.1, 0.15) is 19.4 Å². The van der Waals surface area contributed by atoms with Gasteiger partial charge in [-0.15, -0.1) is 0 Å². The summed E-state index contributed by atoms with van der Waals surface area (Å²) in [5, 5.41) is 12.4. The van der Waals surface area contributed by atoms with Gasteiger partial charge in [0, 0.05) is 28.6 Å². The van der Waals surface area contributed by atoms with Crippen LogP contribution in [-0.2, 0) is 0 Å². The first-order chi connectivity index (χ1) is 9.62. The molecule has 5 nitrogen and oxygen atoms in total. The van der Waals surface area contributed by atoms with Crippen molar-refractivity contribution in [2.24, 2.45) is 11.8 Å². The largest absolute Gasteiger partial charge is 0.367 e. The average Bonchev–Trinajstić information content (AvgIpc) is 2.47. The van der Waals surface area contributed by atoms with E-state index in [0.717, 1.165) is 22.6 Å². The van der Waals surface area contributed by atoms with Gasteiger partial charge in [-0.2, -0.15) is 5.26 Å². The Morgan fingerprint density at radius 3 is 2.85 bits per heavy atom. The summed E-state index contributed by atoms with van der Waals surface area (Å²) < 4.78 is 0. The summed E-state index contributed by atoms with van der Waals surface area (Å²) in [5.41, 5.74) is 6.89. The Balaban J connectivity index is 2.55. The Morgan fingerprint density at radius 2 is 2.25 bits per heavy atom.